The van der Waals surface area contributed by atoms with Crippen LogP contribution in [-0.2, 0) is 11.2 Å². The summed E-state index contributed by atoms with van der Waals surface area (Å²) in [6, 6.07) is 16.8. The molecular weight excluding hydrogens is 400 g/mol. The Morgan fingerprint density at radius 3 is 2.75 bits per heavy atom. The zero-order valence-electron chi connectivity index (χ0n) is 18.8. The molecule has 1 aromatic heterocycles. The molecule has 7 nitrogen and oxygen atoms in total. The molecule has 5 N–H and O–H groups in total. The minimum absolute atomic E-state index is 0.159. The number of benzene rings is 2. The van der Waals surface area contributed by atoms with E-state index in [0.717, 1.165) is 67.6 Å². The Kier molecular flexibility index (Phi) is 7.39. The van der Waals surface area contributed by atoms with Crippen LogP contribution in [-0.4, -0.2) is 53.6 Å². The summed E-state index contributed by atoms with van der Waals surface area (Å²) in [6.07, 6.45) is 5.07. The van der Waals surface area contributed by atoms with Crippen molar-refractivity contribution in [2.24, 2.45) is 16.5 Å². The second-order valence-corrected chi connectivity index (χ2v) is 8.67. The maximum atomic E-state index is 6.70. The first-order chi connectivity index (χ1) is 15.6. The van der Waals surface area contributed by atoms with Gasteiger partial charge in [0.2, 0.25) is 0 Å². The molecule has 1 aliphatic heterocycles. The smallest absolute Gasteiger partial charge is 0.185 e. The van der Waals surface area contributed by atoms with Gasteiger partial charge in [0.15, 0.2) is 5.96 Å². The van der Waals surface area contributed by atoms with E-state index < -0.39 is 0 Å². The van der Waals surface area contributed by atoms with E-state index in [1.807, 2.05) is 18.2 Å². The quantitative estimate of drug-likeness (QED) is 0.272. The van der Waals surface area contributed by atoms with Gasteiger partial charge in [-0.1, -0.05) is 36.4 Å². The number of rotatable bonds is 9. The number of nitrogens with two attached hydrogens (primary N) is 2. The van der Waals surface area contributed by atoms with Crippen molar-refractivity contribution < 1.29 is 4.74 Å². The van der Waals surface area contributed by atoms with E-state index in [-0.39, 0.29) is 18.2 Å². The fourth-order valence-corrected chi connectivity index (χ4v) is 4.27. The number of aromatic amines is 1. The van der Waals surface area contributed by atoms with E-state index in [1.54, 1.807) is 0 Å². The molecule has 4 rings (SSSR count). The molecule has 1 aliphatic rings. The van der Waals surface area contributed by atoms with Crippen molar-refractivity contribution in [2.75, 3.05) is 26.7 Å². The highest BCUT2D eigenvalue weighted by Gasteiger charge is 2.26. The zero-order valence-corrected chi connectivity index (χ0v) is 18.8. The van der Waals surface area contributed by atoms with Crippen molar-refractivity contribution >= 4 is 17.0 Å². The van der Waals surface area contributed by atoms with Gasteiger partial charge >= 0.3 is 0 Å². The molecule has 1 atom stereocenters. The Morgan fingerprint density at radius 1 is 1.16 bits per heavy atom. The normalized spacial score (nSPS) is 16.3. The molecule has 1 saturated heterocycles. The van der Waals surface area contributed by atoms with E-state index in [2.05, 4.69) is 52.3 Å². The van der Waals surface area contributed by atoms with Crippen LogP contribution in [0.3, 0.4) is 0 Å². The number of imidazole rings is 1. The van der Waals surface area contributed by atoms with E-state index in [0.29, 0.717) is 6.54 Å². The monoisotopic (exact) mass is 434 g/mol. The van der Waals surface area contributed by atoms with Gasteiger partial charge < -0.3 is 26.1 Å². The number of hydrogen-bond acceptors (Lipinski definition) is 4. The molecule has 0 saturated carbocycles. The van der Waals surface area contributed by atoms with Crippen molar-refractivity contribution in [1.29, 1.82) is 0 Å². The first-order valence-electron chi connectivity index (χ1n) is 11.5. The topological polar surface area (TPSA) is 106 Å². The van der Waals surface area contributed by atoms with Crippen LogP contribution in [0, 0.1) is 0 Å². The lowest BCUT2D eigenvalue weighted by atomic mass is 10.0. The molecule has 32 heavy (non-hydrogen) atoms. The number of para-hydroxylation sites is 2. The number of nitrogens with one attached hydrogen (secondary N) is 1. The molecule has 2 aromatic carbocycles. The van der Waals surface area contributed by atoms with E-state index in [9.17, 15) is 0 Å². The molecule has 1 unspecified atom stereocenters. The van der Waals surface area contributed by atoms with Gasteiger partial charge in [0.1, 0.15) is 11.9 Å². The SMILES string of the molecule is CN1CCC(OC(c2cccc(CCCCN=C(N)N)c2)c2nc3ccccc3[nH]2)CC1. The molecule has 0 amide bonds. The minimum Gasteiger partial charge on any atom is -0.370 e. The first kappa shape index (κ1) is 22.3. The lowest BCUT2D eigenvalue weighted by Crippen LogP contribution is -2.35. The Hall–Kier alpha value is -2.90. The number of hydrogen-bond donors (Lipinski definition) is 3. The lowest BCUT2D eigenvalue weighted by molar-refractivity contribution is -0.0264. The van der Waals surface area contributed by atoms with Gasteiger partial charge in [-0.05, 0) is 62.4 Å². The largest absolute Gasteiger partial charge is 0.370 e. The second-order valence-electron chi connectivity index (χ2n) is 8.67. The van der Waals surface area contributed by atoms with Gasteiger partial charge in [0.05, 0.1) is 17.1 Å². The number of aliphatic imine (C=N–C) groups is 1. The third-order valence-corrected chi connectivity index (χ3v) is 6.07. The minimum atomic E-state index is -0.211. The number of unbranched alkanes of at least 4 members (excludes halogenated alkanes) is 1. The third-order valence-electron chi connectivity index (χ3n) is 6.07. The predicted octanol–water partition coefficient (Wildman–Crippen LogP) is 3.36. The van der Waals surface area contributed by atoms with Gasteiger partial charge in [-0.3, -0.25) is 4.99 Å². The van der Waals surface area contributed by atoms with Crippen LogP contribution in [0.25, 0.3) is 11.0 Å². The fourth-order valence-electron chi connectivity index (χ4n) is 4.27. The number of aryl methyl sites for hydroxylation is 1. The Balaban J connectivity index is 1.53. The molecule has 2 heterocycles. The summed E-state index contributed by atoms with van der Waals surface area (Å²) in [6.45, 7) is 2.80. The van der Waals surface area contributed by atoms with Crippen molar-refractivity contribution in [3.05, 3.63) is 65.5 Å². The number of ether oxygens (including phenoxy) is 1. The summed E-state index contributed by atoms with van der Waals surface area (Å²) in [7, 11) is 2.17. The van der Waals surface area contributed by atoms with Gasteiger partial charge in [0.25, 0.3) is 0 Å². The van der Waals surface area contributed by atoms with Gasteiger partial charge in [0, 0.05) is 19.6 Å². The van der Waals surface area contributed by atoms with Gasteiger partial charge in [-0.15, -0.1) is 0 Å². The average Bonchev–Trinajstić information content (AvgIpc) is 3.22. The molecule has 1 fully saturated rings. The Bertz CT molecular complexity index is 1000. The van der Waals surface area contributed by atoms with Crippen molar-refractivity contribution in [1.82, 2.24) is 14.9 Å². The van der Waals surface area contributed by atoms with Crippen LogP contribution in [0.2, 0.25) is 0 Å². The Labute approximate surface area is 189 Å². The van der Waals surface area contributed by atoms with Crippen molar-refractivity contribution in [3.8, 4) is 0 Å². The summed E-state index contributed by atoms with van der Waals surface area (Å²) in [4.78, 5) is 14.8. The van der Waals surface area contributed by atoms with Gasteiger partial charge in [-0.2, -0.15) is 0 Å². The summed E-state index contributed by atoms with van der Waals surface area (Å²) >= 11 is 0. The summed E-state index contributed by atoms with van der Waals surface area (Å²) in [5, 5.41) is 0. The number of aromatic nitrogens is 2. The molecule has 3 aromatic rings. The summed E-state index contributed by atoms with van der Waals surface area (Å²) in [5.74, 6) is 1.03. The number of H-pyrrole nitrogens is 1. The van der Waals surface area contributed by atoms with Crippen LogP contribution >= 0.6 is 0 Å². The van der Waals surface area contributed by atoms with Crippen LogP contribution in [0.1, 0.15) is 48.7 Å². The lowest BCUT2D eigenvalue weighted by Gasteiger charge is -2.31. The molecule has 0 spiro atoms. The maximum Gasteiger partial charge on any atom is 0.185 e. The molecule has 0 bridgehead atoms. The number of guanidine groups is 1. The highest BCUT2D eigenvalue weighted by Crippen LogP contribution is 2.30. The van der Waals surface area contributed by atoms with Crippen molar-refractivity contribution in [2.45, 2.75) is 44.3 Å². The number of likely N-dealkylation sites (tertiary alicyclic amines) is 1. The molecular formula is C25H34N6O. The van der Waals surface area contributed by atoms with Gasteiger partial charge in [-0.25, -0.2) is 4.98 Å². The highest BCUT2D eigenvalue weighted by molar-refractivity contribution is 5.75. The van der Waals surface area contributed by atoms with E-state index >= 15 is 0 Å². The first-order valence-corrected chi connectivity index (χ1v) is 11.5. The maximum absolute atomic E-state index is 6.70. The molecule has 7 heteroatoms. The average molecular weight is 435 g/mol. The van der Waals surface area contributed by atoms with Crippen LogP contribution in [0.4, 0.5) is 0 Å². The highest BCUT2D eigenvalue weighted by atomic mass is 16.5. The molecule has 0 radical (unpaired) electrons. The van der Waals surface area contributed by atoms with Crippen LogP contribution in [0.15, 0.2) is 53.5 Å². The number of nitrogens with zero attached hydrogens (tertiary/aromatic N) is 3. The van der Waals surface area contributed by atoms with E-state index in [4.69, 9.17) is 21.2 Å². The zero-order chi connectivity index (χ0) is 22.3. The molecule has 0 aliphatic carbocycles. The predicted molar refractivity (Wildman–Crippen MR) is 130 cm³/mol. The summed E-state index contributed by atoms with van der Waals surface area (Å²) in [5.41, 5.74) is 15.3. The number of fused-ring (bicyclic) bond motifs is 1. The third kappa shape index (κ3) is 5.87. The fraction of sp³-hybridized carbons (Fsp3) is 0.440. The van der Waals surface area contributed by atoms with Crippen molar-refractivity contribution in [3.63, 3.8) is 0 Å². The second kappa shape index (κ2) is 10.6. The number of piperidine rings is 1. The van der Waals surface area contributed by atoms with Crippen LogP contribution < -0.4 is 11.5 Å². The molecule has 170 valence electrons. The Morgan fingerprint density at radius 2 is 1.97 bits per heavy atom. The van der Waals surface area contributed by atoms with Crippen LogP contribution in [0.5, 0.6) is 0 Å². The summed E-state index contributed by atoms with van der Waals surface area (Å²) < 4.78 is 6.70. The standard InChI is InChI=1S/C25H34N6O/c1-31-15-12-20(13-16-31)32-23(24-29-21-10-2-3-11-22(21)30-24)19-9-6-8-18(17-19)7-4-5-14-28-25(26)27/h2-3,6,8-11,17,20,23H,4-5,7,12-16H2,1H3,(H,29,30)(H4,26,27,28). The van der Waals surface area contributed by atoms with E-state index in [1.165, 1.54) is 5.56 Å².